The van der Waals surface area contributed by atoms with Crippen LogP contribution in [-0.2, 0) is 25.3 Å². The summed E-state index contributed by atoms with van der Waals surface area (Å²) >= 11 is -1.60. The summed E-state index contributed by atoms with van der Waals surface area (Å²) in [5.41, 5.74) is 1.74. The van der Waals surface area contributed by atoms with E-state index in [1.165, 1.54) is 0 Å². The fourth-order valence-electron chi connectivity index (χ4n) is 2.40. The van der Waals surface area contributed by atoms with Gasteiger partial charge in [-0.25, -0.2) is 17.3 Å². The predicted molar refractivity (Wildman–Crippen MR) is 109 cm³/mol. The zero-order valence-electron chi connectivity index (χ0n) is 16.3. The third-order valence-electron chi connectivity index (χ3n) is 3.95. The number of hydrogen-bond acceptors (Lipinski definition) is 4. The summed E-state index contributed by atoms with van der Waals surface area (Å²) < 4.78 is 45.9. The van der Waals surface area contributed by atoms with Crippen molar-refractivity contribution in [3.8, 4) is 0 Å². The molecule has 0 amide bonds. The predicted octanol–water partition coefficient (Wildman–Crippen LogP) is 3.88. The van der Waals surface area contributed by atoms with Gasteiger partial charge in [0.1, 0.15) is 6.10 Å². The normalized spacial score (nSPS) is 15.9. The van der Waals surface area contributed by atoms with Crippen LogP contribution < -0.4 is 4.72 Å². The molecule has 0 aliphatic heterocycles. The van der Waals surface area contributed by atoms with Crippen molar-refractivity contribution in [2.24, 2.45) is 0 Å². The molecule has 2 rings (SSSR count). The fourth-order valence-corrected chi connectivity index (χ4v) is 4.40. The molecule has 0 radical (unpaired) electrons. The number of nitrogens with one attached hydrogen (secondary N) is 1. The lowest BCUT2D eigenvalue weighted by molar-refractivity contribution is 0.190. The van der Waals surface area contributed by atoms with Crippen molar-refractivity contribution in [3.05, 3.63) is 65.7 Å². The number of benzene rings is 2. The Morgan fingerprint density at radius 1 is 1.00 bits per heavy atom. The van der Waals surface area contributed by atoms with Crippen molar-refractivity contribution in [1.29, 1.82) is 0 Å². The smallest absolute Gasteiger partial charge is 0.240 e. The highest BCUT2D eigenvalue weighted by Gasteiger charge is 2.31. The molecule has 0 unspecified atom stereocenters. The molecule has 0 fully saturated rings. The van der Waals surface area contributed by atoms with Crippen LogP contribution in [0.2, 0.25) is 0 Å². The minimum absolute atomic E-state index is 0.184. The van der Waals surface area contributed by atoms with E-state index < -0.39 is 38.0 Å². The SMILES string of the molecule is Cc1ccc(S(=O)(=O)N[C@@H](C)[C@H](O[S@@](=O)C(C)(C)C)c2ccccc2)cc1. The van der Waals surface area contributed by atoms with E-state index in [4.69, 9.17) is 4.18 Å². The van der Waals surface area contributed by atoms with Crippen molar-refractivity contribution in [1.82, 2.24) is 4.72 Å². The summed E-state index contributed by atoms with van der Waals surface area (Å²) in [7, 11) is -3.73. The quantitative estimate of drug-likeness (QED) is 0.753. The molecular weight excluding hydrogens is 382 g/mol. The van der Waals surface area contributed by atoms with Crippen LogP contribution in [0, 0.1) is 6.92 Å². The largest absolute Gasteiger partial charge is 0.280 e. The van der Waals surface area contributed by atoms with E-state index in [2.05, 4.69) is 4.72 Å². The first-order valence-electron chi connectivity index (χ1n) is 8.73. The van der Waals surface area contributed by atoms with Gasteiger partial charge in [-0.15, -0.1) is 0 Å². The molecule has 3 atom stereocenters. The third kappa shape index (κ3) is 5.97. The lowest BCUT2D eigenvalue weighted by Crippen LogP contribution is -2.39. The van der Waals surface area contributed by atoms with Gasteiger partial charge >= 0.3 is 0 Å². The van der Waals surface area contributed by atoms with Gasteiger partial charge in [-0.3, -0.25) is 4.18 Å². The first-order chi connectivity index (χ1) is 12.5. The third-order valence-corrected chi connectivity index (χ3v) is 6.90. The Morgan fingerprint density at radius 2 is 1.56 bits per heavy atom. The number of rotatable bonds is 7. The molecule has 0 aromatic heterocycles. The summed E-state index contributed by atoms with van der Waals surface area (Å²) in [6.07, 6.45) is -0.688. The monoisotopic (exact) mass is 409 g/mol. The van der Waals surface area contributed by atoms with E-state index in [0.717, 1.165) is 11.1 Å². The topological polar surface area (TPSA) is 72.5 Å². The minimum atomic E-state index is -3.73. The Bertz CT molecular complexity index is 872. The van der Waals surface area contributed by atoms with E-state index in [1.807, 2.05) is 58.0 Å². The molecule has 2 aromatic rings. The molecule has 0 aliphatic carbocycles. The first kappa shape index (κ1) is 21.8. The van der Waals surface area contributed by atoms with E-state index >= 15 is 0 Å². The van der Waals surface area contributed by atoms with Gasteiger partial charge in [0.25, 0.3) is 0 Å². The number of aryl methyl sites for hydroxylation is 1. The van der Waals surface area contributed by atoms with E-state index in [0.29, 0.717) is 0 Å². The number of sulfonamides is 1. The van der Waals surface area contributed by atoms with Gasteiger partial charge in [0.15, 0.2) is 11.1 Å². The molecule has 0 aliphatic rings. The Labute approximate surface area is 164 Å². The second-order valence-corrected chi connectivity index (χ2v) is 11.1. The Morgan fingerprint density at radius 3 is 2.07 bits per heavy atom. The first-order valence-corrected chi connectivity index (χ1v) is 11.3. The van der Waals surface area contributed by atoms with Gasteiger partial charge < -0.3 is 0 Å². The van der Waals surface area contributed by atoms with Crippen molar-refractivity contribution in [2.75, 3.05) is 0 Å². The molecule has 1 N–H and O–H groups in total. The Balaban J connectivity index is 2.29. The summed E-state index contributed by atoms with van der Waals surface area (Å²) in [4.78, 5) is 0.184. The van der Waals surface area contributed by atoms with Crippen LogP contribution in [0.4, 0.5) is 0 Å². The Kier molecular flexibility index (Phi) is 6.97. The van der Waals surface area contributed by atoms with E-state index in [1.54, 1.807) is 31.2 Å². The van der Waals surface area contributed by atoms with Crippen LogP contribution in [0.3, 0.4) is 0 Å². The average Bonchev–Trinajstić information content (AvgIpc) is 2.59. The zero-order chi connectivity index (χ0) is 20.2. The molecule has 5 nitrogen and oxygen atoms in total. The summed E-state index contributed by atoms with van der Waals surface area (Å²) in [5, 5.41) is 0. The van der Waals surface area contributed by atoms with E-state index in [-0.39, 0.29) is 4.90 Å². The van der Waals surface area contributed by atoms with Crippen molar-refractivity contribution < 1.29 is 16.8 Å². The van der Waals surface area contributed by atoms with Crippen LogP contribution in [-0.4, -0.2) is 23.4 Å². The molecule has 27 heavy (non-hydrogen) atoms. The highest BCUT2D eigenvalue weighted by atomic mass is 32.2. The molecule has 7 heteroatoms. The van der Waals surface area contributed by atoms with Crippen LogP contribution in [0.1, 0.15) is 44.9 Å². The summed E-state index contributed by atoms with van der Waals surface area (Å²) in [6, 6.07) is 15.2. The zero-order valence-corrected chi connectivity index (χ0v) is 17.9. The molecule has 148 valence electrons. The molecular formula is C20H27NO4S2. The molecule has 2 aromatic carbocycles. The second-order valence-electron chi connectivity index (χ2n) is 7.50. The molecule has 0 spiro atoms. The van der Waals surface area contributed by atoms with Gasteiger partial charge in [-0.05, 0) is 52.3 Å². The van der Waals surface area contributed by atoms with Crippen LogP contribution >= 0.6 is 0 Å². The van der Waals surface area contributed by atoms with Crippen molar-refractivity contribution in [3.63, 3.8) is 0 Å². The summed E-state index contributed by atoms with van der Waals surface area (Å²) in [6.45, 7) is 9.04. The van der Waals surface area contributed by atoms with Gasteiger partial charge in [0.05, 0.1) is 15.7 Å². The molecule has 0 saturated heterocycles. The Hall–Kier alpha value is -1.54. The van der Waals surface area contributed by atoms with Crippen LogP contribution in [0.25, 0.3) is 0 Å². The average molecular weight is 410 g/mol. The van der Waals surface area contributed by atoms with Crippen LogP contribution in [0.15, 0.2) is 59.5 Å². The maximum atomic E-state index is 12.7. The maximum absolute atomic E-state index is 12.7. The lowest BCUT2D eigenvalue weighted by Gasteiger charge is -2.28. The van der Waals surface area contributed by atoms with Crippen molar-refractivity contribution >= 4 is 21.1 Å². The van der Waals surface area contributed by atoms with Gasteiger partial charge in [-0.1, -0.05) is 48.0 Å². The number of hydrogen-bond donors (Lipinski definition) is 1. The van der Waals surface area contributed by atoms with Crippen LogP contribution in [0.5, 0.6) is 0 Å². The molecule has 0 heterocycles. The molecule has 0 bridgehead atoms. The van der Waals surface area contributed by atoms with Gasteiger partial charge in [0, 0.05) is 0 Å². The van der Waals surface area contributed by atoms with Crippen molar-refractivity contribution in [2.45, 2.75) is 56.4 Å². The van der Waals surface area contributed by atoms with Gasteiger partial charge in [0.2, 0.25) is 10.0 Å². The standard InChI is InChI=1S/C20H27NO4S2/c1-15-11-13-18(14-12-15)27(23,24)21-16(2)19(17-9-7-6-8-10-17)25-26(22)20(3,4)5/h6-14,16,19,21H,1-5H3/t16-,19-,26+/m0/s1. The summed E-state index contributed by atoms with van der Waals surface area (Å²) in [5.74, 6) is 0. The minimum Gasteiger partial charge on any atom is -0.280 e. The second kappa shape index (κ2) is 8.65. The highest BCUT2D eigenvalue weighted by Crippen LogP contribution is 2.27. The fraction of sp³-hybridized carbons (Fsp3) is 0.400. The van der Waals surface area contributed by atoms with E-state index in [9.17, 15) is 12.6 Å². The highest BCUT2D eigenvalue weighted by molar-refractivity contribution is 7.89. The molecule has 0 saturated carbocycles. The lowest BCUT2D eigenvalue weighted by atomic mass is 10.0. The maximum Gasteiger partial charge on any atom is 0.240 e. The van der Waals surface area contributed by atoms with Gasteiger partial charge in [-0.2, -0.15) is 0 Å².